The van der Waals surface area contributed by atoms with Crippen LogP contribution in [0.1, 0.15) is 41.8 Å². The monoisotopic (exact) mass is 240 g/mol. The highest BCUT2D eigenvalue weighted by Crippen LogP contribution is 2.17. The number of carbonyl (C=O) groups excluding carboxylic acids is 1. The number of nitrogens with two attached hydrogens (primary N) is 1. The molecule has 4 heteroatoms. The Morgan fingerprint density at radius 2 is 2.19 bits per heavy atom. The predicted molar refractivity (Wildman–Crippen MR) is 67.8 cm³/mol. The molecule has 1 rings (SSSR count). The smallest absolute Gasteiger partial charge is 0.156 e. The number of hydrogen-bond acceptors (Lipinski definition) is 4. The Kier molecular flexibility index (Phi) is 5.09. The summed E-state index contributed by atoms with van der Waals surface area (Å²) >= 11 is 1.60. The number of thiazole rings is 1. The zero-order valence-corrected chi connectivity index (χ0v) is 11.1. The summed E-state index contributed by atoms with van der Waals surface area (Å²) in [6.45, 7) is 6.10. The molecule has 1 aromatic rings. The number of aromatic nitrogens is 1. The van der Waals surface area contributed by atoms with Crippen LogP contribution in [-0.2, 0) is 11.2 Å². The van der Waals surface area contributed by atoms with E-state index in [9.17, 15) is 4.79 Å². The first-order chi connectivity index (χ1) is 7.54. The van der Waals surface area contributed by atoms with Crippen molar-refractivity contribution in [1.82, 2.24) is 4.98 Å². The molecule has 1 atom stereocenters. The lowest BCUT2D eigenvalue weighted by Crippen LogP contribution is -2.31. The minimum atomic E-state index is -0.315. The normalized spacial score (nSPS) is 12.8. The third-order valence-electron chi connectivity index (χ3n) is 2.68. The fourth-order valence-corrected chi connectivity index (χ4v) is 2.42. The Morgan fingerprint density at radius 3 is 2.69 bits per heavy atom. The van der Waals surface area contributed by atoms with Crippen LogP contribution in [0.5, 0.6) is 0 Å². The van der Waals surface area contributed by atoms with Crippen molar-refractivity contribution in [2.45, 2.75) is 52.5 Å². The molecule has 0 saturated carbocycles. The topological polar surface area (TPSA) is 56.0 Å². The molecular weight excluding hydrogens is 220 g/mol. The molecule has 90 valence electrons. The molecule has 0 fully saturated rings. The van der Waals surface area contributed by atoms with Gasteiger partial charge in [-0.3, -0.25) is 4.79 Å². The number of nitrogens with zero attached hydrogens (tertiary/aromatic N) is 1. The van der Waals surface area contributed by atoms with Crippen molar-refractivity contribution in [3.05, 3.63) is 15.6 Å². The van der Waals surface area contributed by atoms with Crippen molar-refractivity contribution in [3.8, 4) is 0 Å². The van der Waals surface area contributed by atoms with Crippen LogP contribution in [0.3, 0.4) is 0 Å². The van der Waals surface area contributed by atoms with Gasteiger partial charge < -0.3 is 5.73 Å². The van der Waals surface area contributed by atoms with Crippen LogP contribution in [0.25, 0.3) is 0 Å². The lowest BCUT2D eigenvalue weighted by molar-refractivity contribution is -0.119. The van der Waals surface area contributed by atoms with Crippen molar-refractivity contribution < 1.29 is 4.79 Å². The van der Waals surface area contributed by atoms with Crippen molar-refractivity contribution in [2.75, 3.05) is 0 Å². The van der Waals surface area contributed by atoms with Crippen LogP contribution < -0.4 is 5.73 Å². The maximum Gasteiger partial charge on any atom is 0.156 e. The summed E-state index contributed by atoms with van der Waals surface area (Å²) in [5, 5.41) is 0.895. The molecule has 1 aromatic heterocycles. The van der Waals surface area contributed by atoms with Crippen LogP contribution in [0.4, 0.5) is 0 Å². The van der Waals surface area contributed by atoms with Crippen LogP contribution in [-0.4, -0.2) is 16.8 Å². The molecule has 0 spiro atoms. The summed E-state index contributed by atoms with van der Waals surface area (Å²) < 4.78 is 0. The van der Waals surface area contributed by atoms with Gasteiger partial charge in [-0.15, -0.1) is 11.3 Å². The van der Waals surface area contributed by atoms with E-state index in [1.807, 2.05) is 13.8 Å². The first-order valence-corrected chi connectivity index (χ1v) is 6.57. The summed E-state index contributed by atoms with van der Waals surface area (Å²) in [5.74, 6) is 0.113. The van der Waals surface area contributed by atoms with Gasteiger partial charge in [-0.25, -0.2) is 4.98 Å². The lowest BCUT2D eigenvalue weighted by Gasteiger charge is -2.08. The van der Waals surface area contributed by atoms with E-state index in [0.717, 1.165) is 30.0 Å². The van der Waals surface area contributed by atoms with E-state index in [1.54, 1.807) is 11.3 Å². The van der Waals surface area contributed by atoms with Crippen LogP contribution in [0.2, 0.25) is 0 Å². The van der Waals surface area contributed by atoms with Crippen molar-refractivity contribution in [2.24, 2.45) is 5.73 Å². The minimum absolute atomic E-state index is 0.113. The summed E-state index contributed by atoms with van der Waals surface area (Å²) in [5.41, 5.74) is 6.85. The van der Waals surface area contributed by atoms with Crippen molar-refractivity contribution in [1.29, 1.82) is 0 Å². The number of carbonyl (C=O) groups is 1. The fraction of sp³-hybridized carbons (Fsp3) is 0.667. The highest BCUT2D eigenvalue weighted by atomic mass is 32.1. The van der Waals surface area contributed by atoms with E-state index in [2.05, 4.69) is 11.9 Å². The largest absolute Gasteiger partial charge is 0.321 e. The maximum atomic E-state index is 11.8. The second-order valence-electron chi connectivity index (χ2n) is 4.14. The molecule has 0 saturated heterocycles. The standard InChI is InChI=1S/C12H20N2OS/c1-4-5-6-10(13)11(15)7-12-14-8(2)9(3)16-12/h10H,4-7,13H2,1-3H3. The van der Waals surface area contributed by atoms with E-state index >= 15 is 0 Å². The predicted octanol–water partition coefficient (Wildman–Crippen LogP) is 2.39. The first-order valence-electron chi connectivity index (χ1n) is 5.75. The summed E-state index contributed by atoms with van der Waals surface area (Å²) in [6, 6.07) is -0.315. The average molecular weight is 240 g/mol. The SMILES string of the molecule is CCCCC(N)C(=O)Cc1nc(C)c(C)s1. The zero-order chi connectivity index (χ0) is 12.1. The van der Waals surface area contributed by atoms with Crippen LogP contribution >= 0.6 is 11.3 Å². The Balaban J connectivity index is 2.50. The van der Waals surface area contributed by atoms with Gasteiger partial charge in [0.2, 0.25) is 0 Å². The van der Waals surface area contributed by atoms with E-state index in [-0.39, 0.29) is 11.8 Å². The molecule has 16 heavy (non-hydrogen) atoms. The summed E-state index contributed by atoms with van der Waals surface area (Å²) in [4.78, 5) is 17.3. The second kappa shape index (κ2) is 6.11. The maximum absolute atomic E-state index is 11.8. The van der Waals surface area contributed by atoms with Gasteiger partial charge in [-0.2, -0.15) is 0 Å². The summed E-state index contributed by atoms with van der Waals surface area (Å²) in [6.07, 6.45) is 3.28. The van der Waals surface area contributed by atoms with Crippen molar-refractivity contribution >= 4 is 17.1 Å². The molecule has 0 radical (unpaired) electrons. The van der Waals surface area contributed by atoms with E-state index < -0.39 is 0 Å². The van der Waals surface area contributed by atoms with E-state index in [4.69, 9.17) is 5.73 Å². The molecule has 2 N–H and O–H groups in total. The molecule has 0 amide bonds. The molecule has 0 aliphatic heterocycles. The number of rotatable bonds is 6. The van der Waals surface area contributed by atoms with Gasteiger partial charge in [0.25, 0.3) is 0 Å². The fourth-order valence-electron chi connectivity index (χ4n) is 1.48. The van der Waals surface area contributed by atoms with E-state index in [0.29, 0.717) is 6.42 Å². The Morgan fingerprint density at radius 1 is 1.50 bits per heavy atom. The Hall–Kier alpha value is -0.740. The number of hydrogen-bond donors (Lipinski definition) is 1. The van der Waals surface area contributed by atoms with Gasteiger partial charge in [-0.1, -0.05) is 19.8 Å². The zero-order valence-electron chi connectivity index (χ0n) is 10.2. The average Bonchev–Trinajstić information content (AvgIpc) is 2.54. The number of unbranched alkanes of at least 4 members (excludes halogenated alkanes) is 1. The Bertz CT molecular complexity index is 340. The summed E-state index contributed by atoms with van der Waals surface area (Å²) in [7, 11) is 0. The van der Waals surface area contributed by atoms with Gasteiger partial charge in [0.15, 0.2) is 5.78 Å². The number of Topliss-reactive ketones (excluding diaryl/α,β-unsaturated/α-hetero) is 1. The third kappa shape index (κ3) is 3.68. The quantitative estimate of drug-likeness (QED) is 0.830. The highest BCUT2D eigenvalue weighted by molar-refractivity contribution is 7.11. The molecule has 0 bridgehead atoms. The molecule has 0 aliphatic carbocycles. The molecule has 0 aliphatic rings. The molecule has 1 heterocycles. The first kappa shape index (κ1) is 13.3. The van der Waals surface area contributed by atoms with Crippen molar-refractivity contribution in [3.63, 3.8) is 0 Å². The number of ketones is 1. The third-order valence-corrected chi connectivity index (χ3v) is 3.75. The van der Waals surface area contributed by atoms with Gasteiger partial charge >= 0.3 is 0 Å². The lowest BCUT2D eigenvalue weighted by atomic mass is 10.0. The van der Waals surface area contributed by atoms with Gasteiger partial charge in [-0.05, 0) is 20.3 Å². The minimum Gasteiger partial charge on any atom is -0.321 e. The molecule has 0 aromatic carbocycles. The van der Waals surface area contributed by atoms with Gasteiger partial charge in [0, 0.05) is 4.88 Å². The molecular formula is C12H20N2OS. The highest BCUT2D eigenvalue weighted by Gasteiger charge is 2.15. The number of aryl methyl sites for hydroxylation is 2. The molecule has 1 unspecified atom stereocenters. The second-order valence-corrected chi connectivity index (χ2v) is 5.43. The van der Waals surface area contributed by atoms with Gasteiger partial charge in [0.05, 0.1) is 18.2 Å². The molecule has 3 nitrogen and oxygen atoms in total. The Labute approximate surface area is 101 Å². The van der Waals surface area contributed by atoms with Crippen LogP contribution in [0.15, 0.2) is 0 Å². The van der Waals surface area contributed by atoms with E-state index in [1.165, 1.54) is 4.88 Å². The van der Waals surface area contributed by atoms with Crippen LogP contribution in [0, 0.1) is 13.8 Å². The van der Waals surface area contributed by atoms with Gasteiger partial charge in [0.1, 0.15) is 5.01 Å².